The van der Waals surface area contributed by atoms with Crippen LogP contribution in [0.25, 0.3) is 0 Å². The molecule has 1 amide bonds. The van der Waals surface area contributed by atoms with Gasteiger partial charge in [-0.2, -0.15) is 0 Å². The van der Waals surface area contributed by atoms with Gasteiger partial charge in [-0.3, -0.25) is 9.59 Å². The number of carboxylic acid groups (broad SMARTS) is 1. The topological polar surface area (TPSA) is 69.6 Å². The Kier molecular flexibility index (Phi) is 5.83. The zero-order valence-corrected chi connectivity index (χ0v) is 12.1. The molecule has 2 N–H and O–H groups in total. The molecule has 0 aromatic rings. The van der Waals surface area contributed by atoms with Gasteiger partial charge in [0.1, 0.15) is 0 Å². The van der Waals surface area contributed by atoms with Crippen molar-refractivity contribution >= 4 is 11.9 Å². The molecule has 5 nitrogen and oxygen atoms in total. The van der Waals surface area contributed by atoms with E-state index < -0.39 is 5.97 Å². The molecule has 1 aliphatic heterocycles. The molecule has 0 radical (unpaired) electrons. The predicted octanol–water partition coefficient (Wildman–Crippen LogP) is 1.48. The van der Waals surface area contributed by atoms with Crippen LogP contribution in [0.4, 0.5) is 0 Å². The summed E-state index contributed by atoms with van der Waals surface area (Å²) < 4.78 is 0. The lowest BCUT2D eigenvalue weighted by atomic mass is 9.96. The van der Waals surface area contributed by atoms with Crippen LogP contribution in [-0.2, 0) is 9.59 Å². The zero-order chi connectivity index (χ0) is 14.4. The molecule has 20 heavy (non-hydrogen) atoms. The minimum Gasteiger partial charge on any atom is -0.480 e. The van der Waals surface area contributed by atoms with Crippen LogP contribution < -0.4 is 5.32 Å². The zero-order valence-electron chi connectivity index (χ0n) is 12.1. The van der Waals surface area contributed by atoms with E-state index in [1.54, 1.807) is 0 Å². The van der Waals surface area contributed by atoms with Crippen molar-refractivity contribution in [3.8, 4) is 0 Å². The number of carbonyl (C=O) groups is 2. The lowest BCUT2D eigenvalue weighted by Crippen LogP contribution is -2.43. The van der Waals surface area contributed by atoms with Crippen LogP contribution in [0.3, 0.4) is 0 Å². The summed E-state index contributed by atoms with van der Waals surface area (Å²) in [6.45, 7) is 2.37. The summed E-state index contributed by atoms with van der Waals surface area (Å²) in [5, 5.41) is 11.6. The van der Waals surface area contributed by atoms with Gasteiger partial charge in [0, 0.05) is 26.1 Å². The number of rotatable bonds is 6. The number of hydrogen-bond acceptors (Lipinski definition) is 3. The fourth-order valence-corrected chi connectivity index (χ4v) is 3.43. The Morgan fingerprint density at radius 1 is 1.10 bits per heavy atom. The van der Waals surface area contributed by atoms with E-state index in [0.29, 0.717) is 24.3 Å². The van der Waals surface area contributed by atoms with Crippen molar-refractivity contribution in [3.63, 3.8) is 0 Å². The Hall–Kier alpha value is -1.10. The van der Waals surface area contributed by atoms with Gasteiger partial charge >= 0.3 is 5.97 Å². The van der Waals surface area contributed by atoms with Crippen molar-refractivity contribution in [3.05, 3.63) is 0 Å². The average molecular weight is 282 g/mol. The second-order valence-corrected chi connectivity index (χ2v) is 6.23. The second-order valence-electron chi connectivity index (χ2n) is 6.23. The third kappa shape index (κ3) is 4.78. The highest BCUT2D eigenvalue weighted by Crippen LogP contribution is 2.28. The Balaban J connectivity index is 1.71. The van der Waals surface area contributed by atoms with Crippen molar-refractivity contribution in [2.45, 2.75) is 44.9 Å². The number of likely N-dealkylation sites (tertiary alicyclic amines) is 1. The van der Waals surface area contributed by atoms with Gasteiger partial charge in [-0.25, -0.2) is 0 Å². The summed E-state index contributed by atoms with van der Waals surface area (Å²) in [5.74, 6) is 0.485. The van der Waals surface area contributed by atoms with Gasteiger partial charge in [0.2, 0.25) is 5.91 Å². The molecule has 5 heteroatoms. The third-order valence-corrected chi connectivity index (χ3v) is 4.52. The van der Waals surface area contributed by atoms with E-state index in [4.69, 9.17) is 5.11 Å². The number of carbonyl (C=O) groups excluding carboxylic acids is 1. The van der Waals surface area contributed by atoms with Gasteiger partial charge in [-0.15, -0.1) is 0 Å². The molecule has 0 spiro atoms. The molecule has 0 aromatic heterocycles. The quantitative estimate of drug-likeness (QED) is 0.774. The fourth-order valence-electron chi connectivity index (χ4n) is 3.43. The molecule has 1 saturated carbocycles. The van der Waals surface area contributed by atoms with E-state index >= 15 is 0 Å². The minimum atomic E-state index is -0.824. The second kappa shape index (κ2) is 7.62. The summed E-state index contributed by atoms with van der Waals surface area (Å²) in [6, 6.07) is 0. The molecule has 0 bridgehead atoms. The maximum Gasteiger partial charge on any atom is 0.317 e. The van der Waals surface area contributed by atoms with E-state index in [2.05, 4.69) is 5.32 Å². The third-order valence-electron chi connectivity index (χ3n) is 4.52. The van der Waals surface area contributed by atoms with Crippen LogP contribution in [0.1, 0.15) is 44.9 Å². The number of aliphatic carboxylic acids is 1. The highest BCUT2D eigenvalue weighted by molar-refractivity contribution is 5.76. The molecule has 114 valence electrons. The van der Waals surface area contributed by atoms with E-state index in [1.807, 2.05) is 4.90 Å². The lowest BCUT2D eigenvalue weighted by molar-refractivity contribution is -0.136. The smallest absolute Gasteiger partial charge is 0.317 e. The summed E-state index contributed by atoms with van der Waals surface area (Å²) >= 11 is 0. The molecule has 1 heterocycles. The number of piperidine rings is 1. The monoisotopic (exact) mass is 282 g/mol. The highest BCUT2D eigenvalue weighted by atomic mass is 16.4. The van der Waals surface area contributed by atoms with Gasteiger partial charge in [-0.05, 0) is 37.5 Å². The normalized spacial score (nSPS) is 24.0. The first-order valence-corrected chi connectivity index (χ1v) is 7.85. The summed E-state index contributed by atoms with van der Waals surface area (Å²) in [6.07, 6.45) is 7.82. The standard InChI is InChI=1S/C15H26N2O3/c18-14(8-12-4-1-2-5-12)17-7-3-6-13(11-17)9-16-10-15(19)20/h12-13,16H,1-11H2,(H,19,20). The average Bonchev–Trinajstić information content (AvgIpc) is 2.91. The van der Waals surface area contributed by atoms with Crippen LogP contribution in [0.2, 0.25) is 0 Å². The van der Waals surface area contributed by atoms with Crippen LogP contribution >= 0.6 is 0 Å². The van der Waals surface area contributed by atoms with Crippen molar-refractivity contribution in [1.82, 2.24) is 10.2 Å². The lowest BCUT2D eigenvalue weighted by Gasteiger charge is -2.33. The molecule has 2 rings (SSSR count). The van der Waals surface area contributed by atoms with Gasteiger partial charge in [0.15, 0.2) is 0 Å². The first-order valence-electron chi connectivity index (χ1n) is 7.85. The number of hydrogen-bond donors (Lipinski definition) is 2. The molecule has 2 aliphatic rings. The van der Waals surface area contributed by atoms with Crippen molar-refractivity contribution in [1.29, 1.82) is 0 Å². The summed E-state index contributed by atoms with van der Waals surface area (Å²) in [7, 11) is 0. The van der Waals surface area contributed by atoms with Gasteiger partial charge in [0.25, 0.3) is 0 Å². The maximum atomic E-state index is 12.3. The first-order chi connectivity index (χ1) is 9.65. The molecule has 1 unspecified atom stereocenters. The van der Waals surface area contributed by atoms with Gasteiger partial charge < -0.3 is 15.3 Å². The Morgan fingerprint density at radius 2 is 1.80 bits per heavy atom. The Bertz CT molecular complexity index is 340. The SMILES string of the molecule is O=C(O)CNCC1CCCN(C(=O)CC2CCCC2)C1. The molecule has 0 aromatic carbocycles. The van der Waals surface area contributed by atoms with E-state index in [0.717, 1.165) is 32.4 Å². The number of nitrogens with one attached hydrogen (secondary N) is 1. The molecular weight excluding hydrogens is 256 g/mol. The molecule has 1 aliphatic carbocycles. The molecule has 2 fully saturated rings. The van der Waals surface area contributed by atoms with Gasteiger partial charge in [0.05, 0.1) is 6.54 Å². The molecule has 1 atom stereocenters. The summed E-state index contributed by atoms with van der Waals surface area (Å²) in [5.41, 5.74) is 0. The largest absolute Gasteiger partial charge is 0.480 e. The van der Waals surface area contributed by atoms with Crippen LogP contribution in [0, 0.1) is 11.8 Å². The number of nitrogens with zero attached hydrogens (tertiary/aromatic N) is 1. The fraction of sp³-hybridized carbons (Fsp3) is 0.867. The van der Waals surface area contributed by atoms with Gasteiger partial charge in [-0.1, -0.05) is 12.8 Å². The van der Waals surface area contributed by atoms with Crippen molar-refractivity contribution in [2.24, 2.45) is 11.8 Å². The summed E-state index contributed by atoms with van der Waals surface area (Å²) in [4.78, 5) is 24.8. The van der Waals surface area contributed by atoms with Crippen molar-refractivity contribution in [2.75, 3.05) is 26.2 Å². The first kappa shape index (κ1) is 15.3. The van der Waals surface area contributed by atoms with Crippen LogP contribution in [0.5, 0.6) is 0 Å². The van der Waals surface area contributed by atoms with E-state index in [1.165, 1.54) is 25.7 Å². The minimum absolute atomic E-state index is 0.00647. The highest BCUT2D eigenvalue weighted by Gasteiger charge is 2.26. The van der Waals surface area contributed by atoms with Crippen LogP contribution in [-0.4, -0.2) is 48.1 Å². The van der Waals surface area contributed by atoms with Crippen LogP contribution in [0.15, 0.2) is 0 Å². The predicted molar refractivity (Wildman–Crippen MR) is 76.4 cm³/mol. The van der Waals surface area contributed by atoms with E-state index in [-0.39, 0.29) is 6.54 Å². The maximum absolute atomic E-state index is 12.3. The number of carboxylic acids is 1. The Morgan fingerprint density at radius 3 is 2.50 bits per heavy atom. The van der Waals surface area contributed by atoms with E-state index in [9.17, 15) is 9.59 Å². The molecule has 1 saturated heterocycles. The van der Waals surface area contributed by atoms with Crippen molar-refractivity contribution < 1.29 is 14.7 Å². The Labute approximate surface area is 120 Å². The molecular formula is C15H26N2O3. The number of amides is 1.